The van der Waals surface area contributed by atoms with E-state index in [4.69, 9.17) is 9.90 Å². The zero-order valence-electron chi connectivity index (χ0n) is 17.4. The standard InChI is InChI=1S/C16H25N3O4S2.C2HF3O2/c1-14-2-6-16(7-3-14)25(22,23)19(15-4-5-15)12-13-24(20,21)18-10-8-17-9-11-18;3-2(4,5)1(6)7/h2-3,6-7,15,17H,4-5,8-13H2,1H3;(H,6,7). The third-order valence-electron chi connectivity index (χ3n) is 4.86. The summed E-state index contributed by atoms with van der Waals surface area (Å²) in [5.41, 5.74) is 0.984. The minimum atomic E-state index is -5.08. The Morgan fingerprint density at radius 1 is 1.12 bits per heavy atom. The topological polar surface area (TPSA) is 124 Å². The molecule has 182 valence electrons. The predicted molar refractivity (Wildman–Crippen MR) is 110 cm³/mol. The van der Waals surface area contributed by atoms with Gasteiger partial charge in [0.25, 0.3) is 0 Å². The number of nitrogens with one attached hydrogen (secondary N) is 1. The fourth-order valence-corrected chi connectivity index (χ4v) is 6.19. The Balaban J connectivity index is 0.000000451. The van der Waals surface area contributed by atoms with Crippen LogP contribution in [0, 0.1) is 6.92 Å². The van der Waals surface area contributed by atoms with E-state index in [1.807, 2.05) is 6.92 Å². The van der Waals surface area contributed by atoms with Crippen LogP contribution in [0.3, 0.4) is 0 Å². The van der Waals surface area contributed by atoms with E-state index >= 15 is 0 Å². The van der Waals surface area contributed by atoms with Gasteiger partial charge >= 0.3 is 12.1 Å². The van der Waals surface area contributed by atoms with Gasteiger partial charge in [0, 0.05) is 38.8 Å². The van der Waals surface area contributed by atoms with Crippen LogP contribution in [0.5, 0.6) is 0 Å². The summed E-state index contributed by atoms with van der Waals surface area (Å²) in [5, 5.41) is 10.2. The number of carboxylic acid groups (broad SMARTS) is 1. The SMILES string of the molecule is Cc1ccc(S(=O)(=O)N(CCS(=O)(=O)N2CCNCC2)C2CC2)cc1.O=C(O)C(F)(F)F. The summed E-state index contributed by atoms with van der Waals surface area (Å²) in [6.07, 6.45) is -3.50. The molecule has 14 heteroatoms. The van der Waals surface area contributed by atoms with Crippen LogP contribution in [-0.2, 0) is 24.8 Å². The molecule has 1 aliphatic heterocycles. The maximum absolute atomic E-state index is 12.9. The number of piperazine rings is 1. The zero-order valence-corrected chi connectivity index (χ0v) is 19.0. The Morgan fingerprint density at radius 2 is 1.62 bits per heavy atom. The first-order valence-electron chi connectivity index (χ1n) is 9.82. The third kappa shape index (κ3) is 7.40. The van der Waals surface area contributed by atoms with Crippen molar-refractivity contribution in [3.05, 3.63) is 29.8 Å². The van der Waals surface area contributed by atoms with Crippen LogP contribution >= 0.6 is 0 Å². The van der Waals surface area contributed by atoms with Crippen molar-refractivity contribution in [3.63, 3.8) is 0 Å². The van der Waals surface area contributed by atoms with Crippen molar-refractivity contribution in [2.24, 2.45) is 0 Å². The number of rotatable bonds is 7. The molecular formula is C18H26F3N3O6S2. The summed E-state index contributed by atoms with van der Waals surface area (Å²) < 4.78 is 85.4. The van der Waals surface area contributed by atoms with Crippen molar-refractivity contribution in [2.75, 3.05) is 38.5 Å². The number of aliphatic carboxylic acids is 1. The van der Waals surface area contributed by atoms with Crippen LogP contribution in [0.1, 0.15) is 18.4 Å². The Hall–Kier alpha value is -1.74. The first-order valence-corrected chi connectivity index (χ1v) is 12.9. The van der Waals surface area contributed by atoms with Crippen LogP contribution in [0.4, 0.5) is 13.2 Å². The number of benzene rings is 1. The quantitative estimate of drug-likeness (QED) is 0.572. The highest BCUT2D eigenvalue weighted by Crippen LogP contribution is 2.32. The Kier molecular flexibility index (Phi) is 8.67. The average molecular weight is 502 g/mol. The lowest BCUT2D eigenvalue weighted by molar-refractivity contribution is -0.192. The second kappa shape index (κ2) is 10.5. The molecule has 2 aliphatic rings. The van der Waals surface area contributed by atoms with Gasteiger partial charge < -0.3 is 10.4 Å². The number of aryl methyl sites for hydroxylation is 1. The number of carbonyl (C=O) groups is 1. The number of carboxylic acids is 1. The van der Waals surface area contributed by atoms with Crippen LogP contribution in [0.15, 0.2) is 29.2 Å². The van der Waals surface area contributed by atoms with E-state index in [1.54, 1.807) is 24.3 Å². The molecule has 9 nitrogen and oxygen atoms in total. The molecule has 0 bridgehead atoms. The van der Waals surface area contributed by atoms with Gasteiger partial charge in [-0.2, -0.15) is 21.8 Å². The second-order valence-corrected chi connectivity index (χ2v) is 11.4. The molecule has 1 aromatic carbocycles. The van der Waals surface area contributed by atoms with Crippen molar-refractivity contribution >= 4 is 26.0 Å². The van der Waals surface area contributed by atoms with Gasteiger partial charge in [-0.3, -0.25) is 0 Å². The lowest BCUT2D eigenvalue weighted by Crippen LogP contribution is -2.48. The monoisotopic (exact) mass is 501 g/mol. The van der Waals surface area contributed by atoms with Crippen LogP contribution < -0.4 is 5.32 Å². The van der Waals surface area contributed by atoms with Crippen molar-refractivity contribution in [2.45, 2.75) is 36.9 Å². The van der Waals surface area contributed by atoms with Gasteiger partial charge in [0.05, 0.1) is 10.6 Å². The Morgan fingerprint density at radius 3 is 2.06 bits per heavy atom. The number of alkyl halides is 3. The Bertz CT molecular complexity index is 988. The van der Waals surface area contributed by atoms with E-state index in [0.29, 0.717) is 26.2 Å². The van der Waals surface area contributed by atoms with E-state index in [1.165, 1.54) is 8.61 Å². The van der Waals surface area contributed by atoms with Gasteiger partial charge in [-0.15, -0.1) is 0 Å². The summed E-state index contributed by atoms with van der Waals surface area (Å²) in [6.45, 7) is 4.05. The molecule has 3 rings (SSSR count). The zero-order chi connectivity index (χ0) is 24.2. The summed E-state index contributed by atoms with van der Waals surface area (Å²) in [5.74, 6) is -2.93. The van der Waals surface area contributed by atoms with Gasteiger partial charge in [-0.25, -0.2) is 21.6 Å². The summed E-state index contributed by atoms with van der Waals surface area (Å²) in [4.78, 5) is 9.12. The van der Waals surface area contributed by atoms with Gasteiger partial charge in [-0.1, -0.05) is 17.7 Å². The lowest BCUT2D eigenvalue weighted by atomic mass is 10.2. The van der Waals surface area contributed by atoms with Crippen molar-refractivity contribution in [1.29, 1.82) is 0 Å². The molecule has 0 atom stereocenters. The normalized spacial score (nSPS) is 18.2. The fraction of sp³-hybridized carbons (Fsp3) is 0.611. The number of sulfonamides is 2. The maximum Gasteiger partial charge on any atom is 0.490 e. The van der Waals surface area contributed by atoms with Crippen molar-refractivity contribution in [3.8, 4) is 0 Å². The number of nitrogens with zero attached hydrogens (tertiary/aromatic N) is 2. The molecule has 0 radical (unpaired) electrons. The highest BCUT2D eigenvalue weighted by molar-refractivity contribution is 7.90. The molecular weight excluding hydrogens is 475 g/mol. The molecule has 1 heterocycles. The minimum absolute atomic E-state index is 0.00708. The first kappa shape index (κ1) is 26.5. The average Bonchev–Trinajstić information content (AvgIpc) is 3.54. The van der Waals surface area contributed by atoms with Gasteiger partial charge in [0.2, 0.25) is 20.0 Å². The van der Waals surface area contributed by atoms with E-state index < -0.39 is 32.2 Å². The minimum Gasteiger partial charge on any atom is -0.475 e. The maximum atomic E-state index is 12.9. The van der Waals surface area contributed by atoms with Gasteiger partial charge in [0.15, 0.2) is 0 Å². The molecule has 32 heavy (non-hydrogen) atoms. The largest absolute Gasteiger partial charge is 0.490 e. The molecule has 1 saturated heterocycles. The van der Waals surface area contributed by atoms with Crippen molar-refractivity contribution < 1.29 is 39.9 Å². The third-order valence-corrected chi connectivity index (χ3v) is 8.68. The molecule has 0 amide bonds. The van der Waals surface area contributed by atoms with E-state index in [9.17, 15) is 30.0 Å². The molecule has 0 unspecified atom stereocenters. The first-order chi connectivity index (χ1) is 14.7. The highest BCUT2D eigenvalue weighted by atomic mass is 32.2. The molecule has 0 spiro atoms. The molecule has 1 aliphatic carbocycles. The van der Waals surface area contributed by atoms with Crippen LogP contribution in [0.25, 0.3) is 0 Å². The molecule has 1 saturated carbocycles. The fourth-order valence-electron chi connectivity index (χ4n) is 2.96. The number of halogens is 3. The smallest absolute Gasteiger partial charge is 0.475 e. The van der Waals surface area contributed by atoms with Crippen LogP contribution in [0.2, 0.25) is 0 Å². The number of hydrogen-bond acceptors (Lipinski definition) is 6. The molecule has 2 fully saturated rings. The summed E-state index contributed by atoms with van der Waals surface area (Å²) >= 11 is 0. The lowest BCUT2D eigenvalue weighted by Gasteiger charge is -2.28. The summed E-state index contributed by atoms with van der Waals surface area (Å²) in [6, 6.07) is 6.62. The molecule has 1 aromatic rings. The molecule has 0 aromatic heterocycles. The molecule has 2 N–H and O–H groups in total. The van der Waals surface area contributed by atoms with E-state index in [0.717, 1.165) is 18.4 Å². The van der Waals surface area contributed by atoms with E-state index in [-0.39, 0.29) is 23.2 Å². The second-order valence-electron chi connectivity index (χ2n) is 7.43. The van der Waals surface area contributed by atoms with E-state index in [2.05, 4.69) is 5.32 Å². The predicted octanol–water partition coefficient (Wildman–Crippen LogP) is 1.02. The van der Waals surface area contributed by atoms with Crippen LogP contribution in [-0.4, -0.2) is 87.2 Å². The summed E-state index contributed by atoms with van der Waals surface area (Å²) in [7, 11) is -7.12. The number of hydrogen-bond donors (Lipinski definition) is 2. The van der Waals surface area contributed by atoms with Gasteiger partial charge in [0.1, 0.15) is 0 Å². The van der Waals surface area contributed by atoms with Gasteiger partial charge in [-0.05, 0) is 31.9 Å². The van der Waals surface area contributed by atoms with Crippen molar-refractivity contribution in [1.82, 2.24) is 13.9 Å². The highest BCUT2D eigenvalue weighted by Gasteiger charge is 2.39. The Labute approximate surface area is 185 Å².